The average Bonchev–Trinajstić information content (AvgIpc) is 2.20. The van der Waals surface area contributed by atoms with Crippen LogP contribution in [0.15, 0.2) is 11.0 Å². The van der Waals surface area contributed by atoms with E-state index in [4.69, 9.17) is 5.11 Å². The quantitative estimate of drug-likeness (QED) is 0.792. The van der Waals surface area contributed by atoms with Gasteiger partial charge in [0.1, 0.15) is 0 Å². The number of aliphatic carboxylic acids is 1. The third-order valence-electron chi connectivity index (χ3n) is 2.96. The number of nitrogens with one attached hydrogen (secondary N) is 1. The fourth-order valence-electron chi connectivity index (χ4n) is 2.33. The fraction of sp³-hybridized carbons (Fsp3) is 0.462. The van der Waals surface area contributed by atoms with Gasteiger partial charge in [-0.3, -0.25) is 4.79 Å². The SMILES string of the molecule is Cc1cc(C)c(S(=O)(=O)NN(C)C)c(C)c1CC(=O)O. The van der Waals surface area contributed by atoms with Crippen LogP contribution in [0.4, 0.5) is 0 Å². The van der Waals surface area contributed by atoms with E-state index < -0.39 is 16.0 Å². The molecule has 0 heterocycles. The molecule has 0 unspecified atom stereocenters. The van der Waals surface area contributed by atoms with Crippen LogP contribution in [0, 0.1) is 20.8 Å². The second-order valence-electron chi connectivity index (χ2n) is 5.00. The Morgan fingerprint density at radius 3 is 2.25 bits per heavy atom. The summed E-state index contributed by atoms with van der Waals surface area (Å²) in [4.78, 5) is 13.4. The Bertz CT molecular complexity index is 636. The molecule has 0 aliphatic heterocycles. The second-order valence-corrected chi connectivity index (χ2v) is 6.60. The highest BCUT2D eigenvalue weighted by molar-refractivity contribution is 7.89. The van der Waals surface area contributed by atoms with E-state index in [0.29, 0.717) is 16.7 Å². The van der Waals surface area contributed by atoms with Gasteiger partial charge in [-0.25, -0.2) is 13.4 Å². The first-order valence-electron chi connectivity index (χ1n) is 6.07. The minimum absolute atomic E-state index is 0.146. The number of carboxylic acids is 1. The van der Waals surface area contributed by atoms with Crippen LogP contribution in [-0.2, 0) is 21.2 Å². The summed E-state index contributed by atoms with van der Waals surface area (Å²) in [5, 5.41) is 10.3. The summed E-state index contributed by atoms with van der Waals surface area (Å²) in [7, 11) is -0.557. The molecular weight excluding hydrogens is 280 g/mol. The van der Waals surface area contributed by atoms with E-state index in [2.05, 4.69) is 4.83 Å². The zero-order chi connectivity index (χ0) is 15.7. The summed E-state index contributed by atoms with van der Waals surface area (Å²) in [5.41, 5.74) is 2.41. The molecule has 2 N–H and O–H groups in total. The van der Waals surface area contributed by atoms with Gasteiger partial charge in [-0.1, -0.05) is 6.07 Å². The highest BCUT2D eigenvalue weighted by Gasteiger charge is 2.23. The van der Waals surface area contributed by atoms with Crippen molar-refractivity contribution in [2.75, 3.05) is 14.1 Å². The molecule has 0 amide bonds. The molecule has 20 heavy (non-hydrogen) atoms. The van der Waals surface area contributed by atoms with Crippen molar-refractivity contribution in [1.29, 1.82) is 0 Å². The van der Waals surface area contributed by atoms with Crippen molar-refractivity contribution >= 4 is 16.0 Å². The van der Waals surface area contributed by atoms with Crippen LogP contribution in [0.25, 0.3) is 0 Å². The summed E-state index contributed by atoms with van der Waals surface area (Å²) in [6.07, 6.45) is -0.192. The Morgan fingerprint density at radius 1 is 1.25 bits per heavy atom. The van der Waals surface area contributed by atoms with E-state index >= 15 is 0 Å². The largest absolute Gasteiger partial charge is 0.481 e. The summed E-state index contributed by atoms with van der Waals surface area (Å²) < 4.78 is 24.7. The molecule has 0 bridgehead atoms. The molecule has 1 aromatic rings. The van der Waals surface area contributed by atoms with Gasteiger partial charge in [-0.2, -0.15) is 0 Å². The number of sulfonamides is 1. The Hall–Kier alpha value is -1.44. The molecule has 112 valence electrons. The van der Waals surface area contributed by atoms with E-state index in [1.165, 1.54) is 5.01 Å². The number of carboxylic acid groups (broad SMARTS) is 1. The molecule has 6 nitrogen and oxygen atoms in total. The molecule has 0 atom stereocenters. The lowest BCUT2D eigenvalue weighted by Gasteiger charge is -2.19. The van der Waals surface area contributed by atoms with Crippen LogP contribution >= 0.6 is 0 Å². The topological polar surface area (TPSA) is 86.7 Å². The lowest BCUT2D eigenvalue weighted by molar-refractivity contribution is -0.136. The van der Waals surface area contributed by atoms with Crippen LogP contribution in [0.3, 0.4) is 0 Å². The lowest BCUT2D eigenvalue weighted by Crippen LogP contribution is -2.37. The van der Waals surface area contributed by atoms with Gasteiger partial charge >= 0.3 is 5.97 Å². The number of nitrogens with zero attached hydrogens (tertiary/aromatic N) is 1. The highest BCUT2D eigenvalue weighted by atomic mass is 32.2. The molecule has 0 saturated carbocycles. The van der Waals surface area contributed by atoms with Crippen LogP contribution in [0.1, 0.15) is 22.3 Å². The molecular formula is C13H20N2O4S. The van der Waals surface area contributed by atoms with Gasteiger partial charge in [-0.15, -0.1) is 4.83 Å². The van der Waals surface area contributed by atoms with E-state index in [1.807, 2.05) is 0 Å². The Morgan fingerprint density at radius 2 is 1.80 bits per heavy atom. The van der Waals surface area contributed by atoms with Gasteiger partial charge in [-0.05, 0) is 43.0 Å². The summed E-state index contributed by atoms with van der Waals surface area (Å²) in [6.45, 7) is 5.13. The van der Waals surface area contributed by atoms with Gasteiger partial charge in [0, 0.05) is 14.1 Å². The number of aryl methyl sites for hydroxylation is 2. The first kappa shape index (κ1) is 16.6. The lowest BCUT2D eigenvalue weighted by atomic mass is 9.97. The maximum atomic E-state index is 12.3. The third-order valence-corrected chi connectivity index (χ3v) is 4.73. The maximum Gasteiger partial charge on any atom is 0.307 e. The van der Waals surface area contributed by atoms with E-state index in [9.17, 15) is 13.2 Å². The van der Waals surface area contributed by atoms with Gasteiger partial charge in [0.15, 0.2) is 0 Å². The smallest absolute Gasteiger partial charge is 0.307 e. The number of hydrogen-bond donors (Lipinski definition) is 2. The number of hydrazine groups is 1. The highest BCUT2D eigenvalue weighted by Crippen LogP contribution is 2.26. The van der Waals surface area contributed by atoms with Gasteiger partial charge in [0.25, 0.3) is 10.0 Å². The molecule has 1 aromatic carbocycles. The molecule has 0 radical (unpaired) electrons. The van der Waals surface area contributed by atoms with E-state index in [0.717, 1.165) is 5.56 Å². The van der Waals surface area contributed by atoms with Crippen molar-refractivity contribution in [2.45, 2.75) is 32.1 Å². The standard InChI is InChI=1S/C13H20N2O4S/c1-8-6-9(2)13(20(18,19)14-15(4)5)10(3)11(8)7-12(16)17/h6,14H,7H2,1-5H3,(H,16,17). The number of hydrogen-bond acceptors (Lipinski definition) is 4. The molecule has 0 saturated heterocycles. The van der Waals surface area contributed by atoms with Crippen molar-refractivity contribution in [3.05, 3.63) is 28.3 Å². The Balaban J connectivity index is 3.52. The first-order valence-corrected chi connectivity index (χ1v) is 7.55. The zero-order valence-electron chi connectivity index (χ0n) is 12.3. The minimum atomic E-state index is -3.71. The fourth-order valence-corrected chi connectivity index (χ4v) is 3.91. The molecule has 0 aliphatic rings. The number of carbonyl (C=O) groups is 1. The van der Waals surface area contributed by atoms with Crippen LogP contribution in [0.5, 0.6) is 0 Å². The second kappa shape index (κ2) is 5.90. The van der Waals surface area contributed by atoms with E-state index in [1.54, 1.807) is 40.9 Å². The van der Waals surface area contributed by atoms with Gasteiger partial charge in [0.2, 0.25) is 0 Å². The van der Waals surface area contributed by atoms with Crippen LogP contribution in [-0.4, -0.2) is 38.6 Å². The molecule has 0 spiro atoms. The molecule has 1 rings (SSSR count). The Kier molecular flexibility index (Phi) is 4.90. The summed E-state index contributed by atoms with van der Waals surface area (Å²) in [6, 6.07) is 1.70. The number of benzene rings is 1. The van der Waals surface area contributed by atoms with Crippen LogP contribution < -0.4 is 4.83 Å². The predicted octanol–water partition coefficient (Wildman–Crippen LogP) is 0.994. The number of rotatable bonds is 5. The van der Waals surface area contributed by atoms with Crippen molar-refractivity contribution in [3.63, 3.8) is 0 Å². The first-order chi connectivity index (χ1) is 9.06. The predicted molar refractivity (Wildman–Crippen MR) is 76.0 cm³/mol. The zero-order valence-corrected chi connectivity index (χ0v) is 13.1. The van der Waals surface area contributed by atoms with Gasteiger partial charge in [0.05, 0.1) is 11.3 Å². The summed E-state index contributed by atoms with van der Waals surface area (Å²) in [5.74, 6) is -0.982. The van der Waals surface area contributed by atoms with E-state index in [-0.39, 0.29) is 11.3 Å². The van der Waals surface area contributed by atoms with Crippen LogP contribution in [0.2, 0.25) is 0 Å². The minimum Gasteiger partial charge on any atom is -0.481 e. The Labute approximate surface area is 119 Å². The van der Waals surface area contributed by atoms with Gasteiger partial charge < -0.3 is 5.11 Å². The van der Waals surface area contributed by atoms with Crippen molar-refractivity contribution in [2.24, 2.45) is 0 Å². The van der Waals surface area contributed by atoms with Crippen molar-refractivity contribution < 1.29 is 18.3 Å². The van der Waals surface area contributed by atoms with Crippen molar-refractivity contribution in [1.82, 2.24) is 9.84 Å². The molecule has 7 heteroatoms. The monoisotopic (exact) mass is 300 g/mol. The average molecular weight is 300 g/mol. The van der Waals surface area contributed by atoms with Crippen molar-refractivity contribution in [3.8, 4) is 0 Å². The molecule has 0 fully saturated rings. The summed E-state index contributed by atoms with van der Waals surface area (Å²) >= 11 is 0. The molecule has 0 aromatic heterocycles. The molecule has 0 aliphatic carbocycles. The third kappa shape index (κ3) is 3.56. The normalized spacial score (nSPS) is 11.9. The maximum absolute atomic E-state index is 12.3.